The van der Waals surface area contributed by atoms with Crippen molar-refractivity contribution in [3.8, 4) is 5.75 Å². The van der Waals surface area contributed by atoms with Gasteiger partial charge in [-0.05, 0) is 36.8 Å². The molecule has 3 rings (SSSR count). The number of carbonyl (C=O) groups excluding carboxylic acids is 1. The number of esters is 1. The topological polar surface area (TPSA) is 90.7 Å². The second-order valence-electron chi connectivity index (χ2n) is 7.02. The third kappa shape index (κ3) is 5.20. The summed E-state index contributed by atoms with van der Waals surface area (Å²) < 4.78 is 51.5. The number of ether oxygens (including phenoxy) is 2. The minimum Gasteiger partial charge on any atom is -0.482 e. The van der Waals surface area contributed by atoms with Gasteiger partial charge in [-0.2, -0.15) is 0 Å². The first-order valence-corrected chi connectivity index (χ1v) is 11.1. The number of aromatic nitrogens is 2. The van der Waals surface area contributed by atoms with Gasteiger partial charge in [-0.25, -0.2) is 26.9 Å². The zero-order chi connectivity index (χ0) is 22.6. The maximum atomic E-state index is 13.2. The van der Waals surface area contributed by atoms with Crippen molar-refractivity contribution in [2.24, 2.45) is 0 Å². The molecule has 0 saturated heterocycles. The number of rotatable bonds is 9. The second kappa shape index (κ2) is 9.44. The normalized spacial score (nSPS) is 11.8. The molecule has 8 nitrogen and oxygen atoms in total. The van der Waals surface area contributed by atoms with Crippen molar-refractivity contribution in [3.63, 3.8) is 0 Å². The Kier molecular flexibility index (Phi) is 6.91. The SMILES string of the molecule is CCCn1c(COC(=O)COc2cccc(F)c2)nc2cc(S(=O)(=O)N(C)C)ccc21. The van der Waals surface area contributed by atoms with Crippen LogP contribution >= 0.6 is 0 Å². The van der Waals surface area contributed by atoms with Gasteiger partial charge in [0, 0.05) is 26.7 Å². The molecule has 0 N–H and O–H groups in total. The summed E-state index contributed by atoms with van der Waals surface area (Å²) in [4.78, 5) is 16.7. The highest BCUT2D eigenvalue weighted by Crippen LogP contribution is 2.23. The minimum absolute atomic E-state index is 0.101. The lowest BCUT2D eigenvalue weighted by Crippen LogP contribution is -2.22. The van der Waals surface area contributed by atoms with Crippen LogP contribution in [0.15, 0.2) is 47.4 Å². The zero-order valence-corrected chi connectivity index (χ0v) is 18.4. The first-order chi connectivity index (χ1) is 14.7. The predicted molar refractivity (Wildman–Crippen MR) is 113 cm³/mol. The largest absolute Gasteiger partial charge is 0.482 e. The number of hydrogen-bond acceptors (Lipinski definition) is 6. The van der Waals surface area contributed by atoms with Crippen molar-refractivity contribution in [1.82, 2.24) is 13.9 Å². The van der Waals surface area contributed by atoms with Crippen LogP contribution in [0.2, 0.25) is 0 Å². The van der Waals surface area contributed by atoms with Crippen LogP contribution in [0.4, 0.5) is 4.39 Å². The smallest absolute Gasteiger partial charge is 0.344 e. The van der Waals surface area contributed by atoms with Crippen molar-refractivity contribution < 1.29 is 27.1 Å². The van der Waals surface area contributed by atoms with E-state index in [0.717, 1.165) is 16.2 Å². The number of carbonyl (C=O) groups is 1. The van der Waals surface area contributed by atoms with Gasteiger partial charge in [0.15, 0.2) is 6.61 Å². The Morgan fingerprint density at radius 2 is 1.97 bits per heavy atom. The van der Waals surface area contributed by atoms with Gasteiger partial charge in [0.05, 0.1) is 15.9 Å². The highest BCUT2D eigenvalue weighted by molar-refractivity contribution is 7.89. The summed E-state index contributed by atoms with van der Waals surface area (Å²) in [5.74, 6) is -0.370. The summed E-state index contributed by atoms with van der Waals surface area (Å²) in [6.07, 6.45) is 0.812. The van der Waals surface area contributed by atoms with Crippen LogP contribution in [0.1, 0.15) is 19.2 Å². The Balaban J connectivity index is 1.75. The van der Waals surface area contributed by atoms with Gasteiger partial charge >= 0.3 is 5.97 Å². The monoisotopic (exact) mass is 449 g/mol. The van der Waals surface area contributed by atoms with E-state index >= 15 is 0 Å². The molecular formula is C21H24FN3O5S. The summed E-state index contributed by atoms with van der Waals surface area (Å²) in [5.41, 5.74) is 1.25. The molecule has 0 amide bonds. The molecule has 0 fully saturated rings. The average molecular weight is 450 g/mol. The van der Waals surface area contributed by atoms with Crippen LogP contribution in [0.3, 0.4) is 0 Å². The number of nitrogens with zero attached hydrogens (tertiary/aromatic N) is 3. The van der Waals surface area contributed by atoms with Crippen molar-refractivity contribution in [2.75, 3.05) is 20.7 Å². The number of fused-ring (bicyclic) bond motifs is 1. The molecule has 1 aromatic heterocycles. The lowest BCUT2D eigenvalue weighted by atomic mass is 10.3. The number of hydrogen-bond donors (Lipinski definition) is 0. The Hall–Kier alpha value is -2.98. The molecule has 0 unspecified atom stereocenters. The molecule has 31 heavy (non-hydrogen) atoms. The van der Waals surface area contributed by atoms with Gasteiger partial charge < -0.3 is 14.0 Å². The van der Waals surface area contributed by atoms with Crippen molar-refractivity contribution in [2.45, 2.75) is 31.4 Å². The van der Waals surface area contributed by atoms with Crippen molar-refractivity contribution in [1.29, 1.82) is 0 Å². The fourth-order valence-electron chi connectivity index (χ4n) is 3.00. The van der Waals surface area contributed by atoms with Crippen LogP contribution in [0.5, 0.6) is 5.75 Å². The first kappa shape index (κ1) is 22.7. The van der Waals surface area contributed by atoms with Crippen LogP contribution in [-0.2, 0) is 32.7 Å². The Bertz CT molecular complexity index is 1190. The number of halogens is 1. The predicted octanol–water partition coefficient (Wildman–Crippen LogP) is 2.96. The molecule has 0 aliphatic heterocycles. The quantitative estimate of drug-likeness (QED) is 0.467. The fourth-order valence-corrected chi connectivity index (χ4v) is 3.92. The molecule has 0 saturated carbocycles. The molecule has 0 spiro atoms. The average Bonchev–Trinajstić information content (AvgIpc) is 3.07. The molecule has 10 heteroatoms. The maximum Gasteiger partial charge on any atom is 0.344 e. The molecular weight excluding hydrogens is 425 g/mol. The van der Waals surface area contributed by atoms with Gasteiger partial charge in [-0.3, -0.25) is 0 Å². The molecule has 3 aromatic rings. The van der Waals surface area contributed by atoms with Crippen LogP contribution in [0.25, 0.3) is 11.0 Å². The molecule has 0 radical (unpaired) electrons. The summed E-state index contributed by atoms with van der Waals surface area (Å²) >= 11 is 0. The third-order valence-corrected chi connectivity index (χ3v) is 6.35. The molecule has 0 aliphatic carbocycles. The van der Waals surface area contributed by atoms with Gasteiger partial charge in [0.2, 0.25) is 10.0 Å². The summed E-state index contributed by atoms with van der Waals surface area (Å²) in [6.45, 7) is 2.15. The van der Waals surface area contributed by atoms with Crippen LogP contribution in [0, 0.1) is 5.82 Å². The maximum absolute atomic E-state index is 13.2. The van der Waals surface area contributed by atoms with E-state index in [9.17, 15) is 17.6 Å². The van der Waals surface area contributed by atoms with E-state index in [2.05, 4.69) is 4.98 Å². The molecule has 0 bridgehead atoms. The first-order valence-electron chi connectivity index (χ1n) is 9.68. The highest BCUT2D eigenvalue weighted by atomic mass is 32.2. The summed E-state index contributed by atoms with van der Waals surface area (Å²) in [6, 6.07) is 10.2. The standard InChI is InChI=1S/C21H24FN3O5S/c1-4-10-25-19-9-8-17(31(27,28)24(2)3)12-18(19)23-20(25)13-30-21(26)14-29-16-7-5-6-15(22)11-16/h5-9,11-12H,4,10,13-14H2,1-3H3. The molecule has 0 atom stereocenters. The number of imidazole rings is 1. The van der Waals surface area contributed by atoms with E-state index in [-0.39, 0.29) is 23.9 Å². The zero-order valence-electron chi connectivity index (χ0n) is 17.5. The van der Waals surface area contributed by atoms with E-state index in [1.54, 1.807) is 6.07 Å². The Morgan fingerprint density at radius 3 is 2.65 bits per heavy atom. The van der Waals surface area contributed by atoms with Gasteiger partial charge in [-0.1, -0.05) is 13.0 Å². The molecule has 0 aliphatic rings. The van der Waals surface area contributed by atoms with E-state index in [0.29, 0.717) is 17.9 Å². The lowest BCUT2D eigenvalue weighted by molar-refractivity contribution is -0.147. The van der Waals surface area contributed by atoms with Crippen LogP contribution < -0.4 is 4.74 Å². The van der Waals surface area contributed by atoms with E-state index in [1.165, 1.54) is 50.5 Å². The number of aryl methyl sites for hydroxylation is 1. The highest BCUT2D eigenvalue weighted by Gasteiger charge is 2.20. The molecule has 1 heterocycles. The van der Waals surface area contributed by atoms with Gasteiger partial charge in [0.1, 0.15) is 24.0 Å². The lowest BCUT2D eigenvalue weighted by Gasteiger charge is -2.11. The van der Waals surface area contributed by atoms with E-state index < -0.39 is 21.8 Å². The summed E-state index contributed by atoms with van der Waals surface area (Å²) in [7, 11) is -0.663. The summed E-state index contributed by atoms with van der Waals surface area (Å²) in [5, 5.41) is 0. The Morgan fingerprint density at radius 1 is 1.19 bits per heavy atom. The number of benzene rings is 2. The van der Waals surface area contributed by atoms with Gasteiger partial charge in [-0.15, -0.1) is 0 Å². The number of sulfonamides is 1. The van der Waals surface area contributed by atoms with Crippen LogP contribution in [-0.4, -0.2) is 48.9 Å². The van der Waals surface area contributed by atoms with E-state index in [4.69, 9.17) is 9.47 Å². The fraction of sp³-hybridized carbons (Fsp3) is 0.333. The van der Waals surface area contributed by atoms with Gasteiger partial charge in [0.25, 0.3) is 0 Å². The Labute approximate surface area is 180 Å². The molecule has 2 aromatic carbocycles. The third-order valence-electron chi connectivity index (χ3n) is 4.54. The minimum atomic E-state index is -3.59. The second-order valence-corrected chi connectivity index (χ2v) is 9.18. The van der Waals surface area contributed by atoms with Crippen molar-refractivity contribution >= 4 is 27.0 Å². The molecule has 166 valence electrons. The van der Waals surface area contributed by atoms with E-state index in [1.807, 2.05) is 11.5 Å². The van der Waals surface area contributed by atoms with Crippen molar-refractivity contribution in [3.05, 3.63) is 54.1 Å².